The lowest BCUT2D eigenvalue weighted by atomic mass is 9.67. The molecule has 0 unspecified atom stereocenters. The molecule has 3 aliphatic rings. The Morgan fingerprint density at radius 2 is 1.19 bits per heavy atom. The third-order valence-corrected chi connectivity index (χ3v) is 4.20. The van der Waals surface area contributed by atoms with Crippen LogP contribution in [-0.2, 0) is 0 Å². The van der Waals surface area contributed by atoms with Crippen LogP contribution in [0, 0.1) is 0 Å². The Labute approximate surface area is 96.6 Å². The maximum atomic E-state index is 5.38. The van der Waals surface area contributed by atoms with E-state index in [-0.39, 0.29) is 0 Å². The second kappa shape index (κ2) is 3.69. The van der Waals surface area contributed by atoms with Gasteiger partial charge in [0.1, 0.15) is 0 Å². The molecule has 1 aromatic rings. The SMILES string of the molecule is COc1cc2c(cc1OC)C1CCC2CC1. The van der Waals surface area contributed by atoms with Crippen LogP contribution in [0.1, 0.15) is 48.6 Å². The first kappa shape index (κ1) is 10.0. The maximum Gasteiger partial charge on any atom is 0.161 e. The Bertz CT molecular complexity index is 364. The molecule has 0 N–H and O–H groups in total. The molecule has 0 aliphatic heterocycles. The third kappa shape index (κ3) is 1.32. The van der Waals surface area contributed by atoms with Crippen LogP contribution in [0.5, 0.6) is 11.5 Å². The molecule has 86 valence electrons. The summed E-state index contributed by atoms with van der Waals surface area (Å²) >= 11 is 0. The van der Waals surface area contributed by atoms with E-state index >= 15 is 0 Å². The van der Waals surface area contributed by atoms with Crippen LogP contribution in [0.4, 0.5) is 0 Å². The fourth-order valence-electron chi connectivity index (χ4n) is 3.33. The molecule has 1 fully saturated rings. The van der Waals surface area contributed by atoms with Crippen LogP contribution >= 0.6 is 0 Å². The van der Waals surface area contributed by atoms with E-state index in [1.807, 2.05) is 0 Å². The molecule has 0 aromatic heterocycles. The molecule has 4 rings (SSSR count). The highest BCUT2D eigenvalue weighted by molar-refractivity contribution is 5.51. The first-order valence-electron chi connectivity index (χ1n) is 6.09. The molecule has 1 aromatic carbocycles. The maximum absolute atomic E-state index is 5.38. The van der Waals surface area contributed by atoms with E-state index in [0.717, 1.165) is 23.3 Å². The van der Waals surface area contributed by atoms with Crippen molar-refractivity contribution in [3.8, 4) is 11.5 Å². The first-order valence-corrected chi connectivity index (χ1v) is 6.09. The summed E-state index contributed by atoms with van der Waals surface area (Å²) in [5.41, 5.74) is 3.03. The molecule has 0 radical (unpaired) electrons. The molecular weight excluding hydrogens is 200 g/mol. The average Bonchev–Trinajstić information content (AvgIpc) is 2.38. The lowest BCUT2D eigenvalue weighted by Crippen LogP contribution is -2.21. The number of ether oxygens (including phenoxy) is 2. The van der Waals surface area contributed by atoms with E-state index in [0.29, 0.717) is 0 Å². The molecule has 0 atom stereocenters. The standard InChI is InChI=1S/C14H18O2/c1-15-13-7-11-9-3-5-10(6-4-9)12(11)8-14(13)16-2/h7-10H,3-6H2,1-2H3. The van der Waals surface area contributed by atoms with Crippen molar-refractivity contribution in [1.82, 2.24) is 0 Å². The number of hydrogen-bond donors (Lipinski definition) is 0. The van der Waals surface area contributed by atoms with Gasteiger partial charge in [0, 0.05) is 0 Å². The predicted molar refractivity (Wildman–Crippen MR) is 63.5 cm³/mol. The zero-order valence-electron chi connectivity index (χ0n) is 9.95. The molecular formula is C14H18O2. The van der Waals surface area contributed by atoms with Crippen LogP contribution in [-0.4, -0.2) is 14.2 Å². The van der Waals surface area contributed by atoms with Gasteiger partial charge in [-0.25, -0.2) is 0 Å². The Kier molecular flexibility index (Phi) is 2.31. The lowest BCUT2D eigenvalue weighted by Gasteiger charge is -2.38. The van der Waals surface area contributed by atoms with Crippen LogP contribution in [0.15, 0.2) is 12.1 Å². The Balaban J connectivity index is 2.13. The minimum Gasteiger partial charge on any atom is -0.493 e. The van der Waals surface area contributed by atoms with Gasteiger partial charge in [0.05, 0.1) is 14.2 Å². The summed E-state index contributed by atoms with van der Waals surface area (Å²) in [6.07, 6.45) is 5.42. The van der Waals surface area contributed by atoms with Crippen molar-refractivity contribution in [2.24, 2.45) is 0 Å². The minimum atomic E-state index is 0.764. The topological polar surface area (TPSA) is 18.5 Å². The number of methoxy groups -OCH3 is 2. The van der Waals surface area contributed by atoms with Crippen LogP contribution in [0.3, 0.4) is 0 Å². The van der Waals surface area contributed by atoms with Crippen molar-refractivity contribution >= 4 is 0 Å². The van der Waals surface area contributed by atoms with Crippen molar-refractivity contribution in [2.45, 2.75) is 37.5 Å². The molecule has 16 heavy (non-hydrogen) atoms. The predicted octanol–water partition coefficient (Wildman–Crippen LogP) is 3.46. The number of benzene rings is 1. The summed E-state index contributed by atoms with van der Waals surface area (Å²) in [4.78, 5) is 0. The van der Waals surface area contributed by atoms with Gasteiger partial charge in [-0.1, -0.05) is 0 Å². The summed E-state index contributed by atoms with van der Waals surface area (Å²) in [5.74, 6) is 3.29. The number of hydrogen-bond acceptors (Lipinski definition) is 2. The molecule has 0 saturated heterocycles. The van der Waals surface area contributed by atoms with E-state index in [9.17, 15) is 0 Å². The van der Waals surface area contributed by atoms with Gasteiger partial charge >= 0.3 is 0 Å². The molecule has 2 bridgehead atoms. The van der Waals surface area contributed by atoms with Gasteiger partial charge in [0.15, 0.2) is 11.5 Å². The van der Waals surface area contributed by atoms with Crippen LogP contribution in [0.2, 0.25) is 0 Å². The molecule has 2 nitrogen and oxygen atoms in total. The largest absolute Gasteiger partial charge is 0.493 e. The van der Waals surface area contributed by atoms with Crippen molar-refractivity contribution < 1.29 is 9.47 Å². The van der Waals surface area contributed by atoms with Crippen molar-refractivity contribution in [2.75, 3.05) is 14.2 Å². The first-order chi connectivity index (χ1) is 7.83. The fraction of sp³-hybridized carbons (Fsp3) is 0.571. The monoisotopic (exact) mass is 218 g/mol. The van der Waals surface area contributed by atoms with E-state index < -0.39 is 0 Å². The van der Waals surface area contributed by atoms with Crippen LogP contribution in [0.25, 0.3) is 0 Å². The molecule has 0 spiro atoms. The van der Waals surface area contributed by atoms with Gasteiger partial charge in [0.25, 0.3) is 0 Å². The normalized spacial score (nSPS) is 26.4. The Morgan fingerprint density at radius 1 is 0.812 bits per heavy atom. The molecule has 0 heterocycles. The van der Waals surface area contributed by atoms with Gasteiger partial charge in [-0.05, 0) is 60.8 Å². The smallest absolute Gasteiger partial charge is 0.161 e. The highest BCUT2D eigenvalue weighted by Gasteiger charge is 2.33. The number of fused-ring (bicyclic) bond motifs is 2. The quantitative estimate of drug-likeness (QED) is 0.756. The van der Waals surface area contributed by atoms with Gasteiger partial charge < -0.3 is 9.47 Å². The zero-order chi connectivity index (χ0) is 11.1. The van der Waals surface area contributed by atoms with Crippen molar-refractivity contribution in [1.29, 1.82) is 0 Å². The molecule has 0 amide bonds. The molecule has 3 aliphatic carbocycles. The van der Waals surface area contributed by atoms with Gasteiger partial charge in [-0.15, -0.1) is 0 Å². The Hall–Kier alpha value is -1.18. The average molecular weight is 218 g/mol. The van der Waals surface area contributed by atoms with Gasteiger partial charge in [-0.3, -0.25) is 0 Å². The Morgan fingerprint density at radius 3 is 1.50 bits per heavy atom. The second-order valence-corrected chi connectivity index (χ2v) is 4.88. The highest BCUT2D eigenvalue weighted by Crippen LogP contribution is 2.51. The highest BCUT2D eigenvalue weighted by atomic mass is 16.5. The summed E-state index contributed by atoms with van der Waals surface area (Å²) in [7, 11) is 3.43. The molecule has 2 heteroatoms. The summed E-state index contributed by atoms with van der Waals surface area (Å²) in [6, 6.07) is 4.40. The van der Waals surface area contributed by atoms with E-state index in [1.165, 1.54) is 36.8 Å². The fourth-order valence-corrected chi connectivity index (χ4v) is 3.33. The summed E-state index contributed by atoms with van der Waals surface area (Å²) in [6.45, 7) is 0. The summed E-state index contributed by atoms with van der Waals surface area (Å²) in [5, 5.41) is 0. The van der Waals surface area contributed by atoms with E-state index in [1.54, 1.807) is 14.2 Å². The van der Waals surface area contributed by atoms with Crippen LogP contribution < -0.4 is 9.47 Å². The van der Waals surface area contributed by atoms with E-state index in [4.69, 9.17) is 9.47 Å². The molecule has 1 saturated carbocycles. The van der Waals surface area contributed by atoms with E-state index in [2.05, 4.69) is 12.1 Å². The van der Waals surface area contributed by atoms with Gasteiger partial charge in [-0.2, -0.15) is 0 Å². The zero-order valence-corrected chi connectivity index (χ0v) is 9.95. The van der Waals surface area contributed by atoms with Crippen molar-refractivity contribution in [3.05, 3.63) is 23.3 Å². The van der Waals surface area contributed by atoms with Crippen molar-refractivity contribution in [3.63, 3.8) is 0 Å². The summed E-state index contributed by atoms with van der Waals surface area (Å²) < 4.78 is 10.8. The minimum absolute atomic E-state index is 0.764. The number of rotatable bonds is 2. The van der Waals surface area contributed by atoms with Gasteiger partial charge in [0.2, 0.25) is 0 Å². The third-order valence-electron chi connectivity index (χ3n) is 4.20. The second-order valence-electron chi connectivity index (χ2n) is 4.88. The lowest BCUT2D eigenvalue weighted by molar-refractivity contribution is 0.335.